The zero-order valence-electron chi connectivity index (χ0n) is 19.1. The Morgan fingerprint density at radius 3 is 2.43 bits per heavy atom. The number of rotatable bonds is 8. The maximum Gasteiger partial charge on any atom is 0.191 e. The molecular weight excluding hydrogens is 420 g/mol. The molecule has 0 saturated heterocycles. The van der Waals surface area contributed by atoms with Crippen molar-refractivity contribution in [1.82, 2.24) is 9.97 Å². The standard InChI is InChI=1S/C14H23ClN4O2S.C6H14.C2H2/c1-2-7-22-14-18-12(15)11(16)13(19-14)17-9-3-4-10(8-9)21-6-5-20;1-5-6(2,3)4;1-2/h9-10,20H,2-8,16H2,1H3,(H,17,18,19);5H2,1-4H3;1-2H. The maximum absolute atomic E-state index is 8.80. The Morgan fingerprint density at radius 1 is 1.27 bits per heavy atom. The number of hydrogen-bond donors (Lipinski definition) is 3. The number of aliphatic hydroxyl groups is 1. The van der Waals surface area contributed by atoms with Gasteiger partial charge in [-0.25, -0.2) is 9.97 Å². The van der Waals surface area contributed by atoms with Gasteiger partial charge in [0.25, 0.3) is 0 Å². The quantitative estimate of drug-likeness (QED) is 0.212. The first-order valence-electron chi connectivity index (χ1n) is 10.5. The first-order chi connectivity index (χ1) is 14.2. The van der Waals surface area contributed by atoms with E-state index >= 15 is 0 Å². The van der Waals surface area contributed by atoms with Gasteiger partial charge in [-0.3, -0.25) is 0 Å². The van der Waals surface area contributed by atoms with E-state index in [1.54, 1.807) is 11.8 Å². The highest BCUT2D eigenvalue weighted by molar-refractivity contribution is 7.99. The highest BCUT2D eigenvalue weighted by atomic mass is 35.5. The van der Waals surface area contributed by atoms with E-state index in [-0.39, 0.29) is 18.8 Å². The van der Waals surface area contributed by atoms with Crippen LogP contribution in [0.5, 0.6) is 0 Å². The molecule has 4 N–H and O–H groups in total. The number of anilines is 2. The number of nitrogen functional groups attached to an aromatic ring is 1. The molecule has 1 aliphatic carbocycles. The number of ether oxygens (including phenoxy) is 1. The molecule has 30 heavy (non-hydrogen) atoms. The van der Waals surface area contributed by atoms with Crippen LogP contribution >= 0.6 is 23.4 Å². The van der Waals surface area contributed by atoms with Gasteiger partial charge in [0.15, 0.2) is 16.1 Å². The summed E-state index contributed by atoms with van der Waals surface area (Å²) in [5.74, 6) is 1.55. The molecule has 8 heteroatoms. The Kier molecular flexibility index (Phi) is 15.0. The van der Waals surface area contributed by atoms with E-state index in [1.807, 2.05) is 0 Å². The fraction of sp³-hybridized carbons (Fsp3) is 0.727. The number of thioether (sulfide) groups is 1. The van der Waals surface area contributed by atoms with Crippen LogP contribution in [-0.4, -0.2) is 46.2 Å². The summed E-state index contributed by atoms with van der Waals surface area (Å²) in [6.07, 6.45) is 13.3. The average molecular weight is 459 g/mol. The lowest BCUT2D eigenvalue weighted by Crippen LogP contribution is -2.20. The second-order valence-electron chi connectivity index (χ2n) is 8.19. The molecule has 0 bridgehead atoms. The Bertz CT molecular complexity index is 623. The van der Waals surface area contributed by atoms with Crippen molar-refractivity contribution in [2.75, 3.05) is 30.0 Å². The SMILES string of the molecule is C#C.CCC(C)(C)C.CCCSc1nc(Cl)c(N)c(NC2CCC(OCCO)C2)n1. The van der Waals surface area contributed by atoms with Gasteiger partial charge in [0.05, 0.1) is 19.3 Å². The molecule has 6 nitrogen and oxygen atoms in total. The number of nitrogens with two attached hydrogens (primary N) is 1. The number of aliphatic hydroxyl groups excluding tert-OH is 1. The average Bonchev–Trinajstić information content (AvgIpc) is 3.17. The summed E-state index contributed by atoms with van der Waals surface area (Å²) in [6.45, 7) is 11.5. The highest BCUT2D eigenvalue weighted by Crippen LogP contribution is 2.31. The first kappa shape index (κ1) is 28.8. The summed E-state index contributed by atoms with van der Waals surface area (Å²) in [6, 6.07) is 0.251. The number of nitrogens with zero attached hydrogens (tertiary/aromatic N) is 2. The Balaban J connectivity index is 0.000000905. The van der Waals surface area contributed by atoms with Crippen molar-refractivity contribution >= 4 is 34.9 Å². The van der Waals surface area contributed by atoms with Crippen LogP contribution in [0.25, 0.3) is 0 Å². The molecule has 2 rings (SSSR count). The largest absolute Gasteiger partial charge is 0.394 e. The number of hydrogen-bond acceptors (Lipinski definition) is 7. The predicted octanol–water partition coefficient (Wildman–Crippen LogP) is 5.25. The molecule has 1 aromatic heterocycles. The zero-order chi connectivity index (χ0) is 23.2. The van der Waals surface area contributed by atoms with E-state index in [0.29, 0.717) is 33.8 Å². The van der Waals surface area contributed by atoms with E-state index in [2.05, 4.69) is 62.8 Å². The summed E-state index contributed by atoms with van der Waals surface area (Å²) in [7, 11) is 0. The van der Waals surface area contributed by atoms with Crippen molar-refractivity contribution in [2.24, 2.45) is 5.41 Å². The van der Waals surface area contributed by atoms with Gasteiger partial charge in [0.1, 0.15) is 5.69 Å². The van der Waals surface area contributed by atoms with Crippen LogP contribution in [0.2, 0.25) is 5.15 Å². The lowest BCUT2D eigenvalue weighted by atomic mass is 9.94. The fourth-order valence-corrected chi connectivity index (χ4v) is 3.34. The molecule has 1 aliphatic rings. The first-order valence-corrected chi connectivity index (χ1v) is 11.8. The smallest absolute Gasteiger partial charge is 0.191 e. The minimum absolute atomic E-state index is 0.0566. The summed E-state index contributed by atoms with van der Waals surface area (Å²) < 4.78 is 5.57. The minimum Gasteiger partial charge on any atom is -0.394 e. The molecule has 172 valence electrons. The van der Waals surface area contributed by atoms with Crippen molar-refractivity contribution in [3.05, 3.63) is 5.15 Å². The van der Waals surface area contributed by atoms with E-state index in [1.165, 1.54) is 6.42 Å². The lowest BCUT2D eigenvalue weighted by molar-refractivity contribution is 0.0326. The van der Waals surface area contributed by atoms with Gasteiger partial charge in [-0.1, -0.05) is 64.4 Å². The molecule has 0 aliphatic heterocycles. The maximum atomic E-state index is 8.80. The number of aromatic nitrogens is 2. The van der Waals surface area contributed by atoms with Crippen molar-refractivity contribution in [3.8, 4) is 12.8 Å². The summed E-state index contributed by atoms with van der Waals surface area (Å²) in [4.78, 5) is 8.67. The molecule has 1 fully saturated rings. The Morgan fingerprint density at radius 2 is 1.90 bits per heavy atom. The normalized spacial score (nSPS) is 18.0. The van der Waals surface area contributed by atoms with Crippen LogP contribution in [-0.2, 0) is 4.74 Å². The summed E-state index contributed by atoms with van der Waals surface area (Å²) >= 11 is 7.67. The van der Waals surface area contributed by atoms with Gasteiger partial charge in [-0.2, -0.15) is 0 Å². The van der Waals surface area contributed by atoms with E-state index < -0.39 is 0 Å². The van der Waals surface area contributed by atoms with Crippen LogP contribution in [0.1, 0.15) is 66.7 Å². The molecule has 0 amide bonds. The summed E-state index contributed by atoms with van der Waals surface area (Å²) in [5, 5.41) is 13.1. The van der Waals surface area contributed by atoms with Crippen LogP contribution in [0.15, 0.2) is 5.16 Å². The molecule has 0 radical (unpaired) electrons. The number of terminal acetylenes is 1. The van der Waals surface area contributed by atoms with E-state index in [9.17, 15) is 0 Å². The second-order valence-corrected chi connectivity index (χ2v) is 9.61. The van der Waals surface area contributed by atoms with Gasteiger partial charge >= 0.3 is 0 Å². The Hall–Kier alpha value is -1.20. The van der Waals surface area contributed by atoms with Crippen molar-refractivity contribution in [3.63, 3.8) is 0 Å². The van der Waals surface area contributed by atoms with Gasteiger partial charge in [0.2, 0.25) is 0 Å². The van der Waals surface area contributed by atoms with Gasteiger partial charge in [-0.15, -0.1) is 12.8 Å². The monoisotopic (exact) mass is 458 g/mol. The van der Waals surface area contributed by atoms with E-state index in [4.69, 9.17) is 27.2 Å². The molecule has 0 spiro atoms. The minimum atomic E-state index is 0.0566. The lowest BCUT2D eigenvalue weighted by Gasteiger charge is -2.16. The molecule has 2 unspecified atom stereocenters. The van der Waals surface area contributed by atoms with E-state index in [0.717, 1.165) is 31.4 Å². The third-order valence-electron chi connectivity index (χ3n) is 4.54. The fourth-order valence-electron chi connectivity index (χ4n) is 2.43. The van der Waals surface area contributed by atoms with Crippen molar-refractivity contribution < 1.29 is 9.84 Å². The molecule has 2 atom stereocenters. The molecule has 1 aromatic rings. The van der Waals surface area contributed by atoms with Crippen molar-refractivity contribution in [2.45, 2.75) is 84.0 Å². The van der Waals surface area contributed by atoms with Gasteiger partial charge in [0, 0.05) is 11.8 Å². The highest BCUT2D eigenvalue weighted by Gasteiger charge is 2.26. The molecule has 1 heterocycles. The molecule has 0 aromatic carbocycles. The van der Waals surface area contributed by atoms with Crippen molar-refractivity contribution in [1.29, 1.82) is 0 Å². The Labute approximate surface area is 192 Å². The number of nitrogens with one attached hydrogen (secondary N) is 1. The van der Waals surface area contributed by atoms with Gasteiger partial charge in [-0.05, 0) is 31.1 Å². The van der Waals surface area contributed by atoms with Crippen LogP contribution in [0, 0.1) is 18.3 Å². The van der Waals surface area contributed by atoms with Gasteiger partial charge < -0.3 is 20.9 Å². The zero-order valence-corrected chi connectivity index (χ0v) is 20.7. The number of halogens is 1. The van der Waals surface area contributed by atoms with Crippen LogP contribution in [0.4, 0.5) is 11.5 Å². The third-order valence-corrected chi connectivity index (χ3v) is 5.89. The van der Waals surface area contributed by atoms with Crippen LogP contribution < -0.4 is 11.1 Å². The summed E-state index contributed by atoms with van der Waals surface area (Å²) in [5.41, 5.74) is 6.91. The topological polar surface area (TPSA) is 93.3 Å². The second kappa shape index (κ2) is 15.6. The third kappa shape index (κ3) is 11.8. The van der Waals surface area contributed by atoms with Crippen LogP contribution in [0.3, 0.4) is 0 Å². The molecule has 1 saturated carbocycles. The molecular formula is C22H39ClN4O2S. The predicted molar refractivity (Wildman–Crippen MR) is 130 cm³/mol.